The van der Waals surface area contributed by atoms with Gasteiger partial charge in [0.15, 0.2) is 0 Å². The van der Waals surface area contributed by atoms with Gasteiger partial charge in [-0.3, -0.25) is 21.5 Å². The molecular formula is C10H16Cl6N4S2-4. The lowest BCUT2D eigenvalue weighted by Gasteiger charge is -2.01. The molecule has 0 aliphatic carbocycles. The Balaban J connectivity index is -0.000000107. The summed E-state index contributed by atoms with van der Waals surface area (Å²) in [5.41, 5.74) is 2.28. The van der Waals surface area contributed by atoms with Crippen molar-refractivity contribution in [2.45, 2.75) is 13.1 Å². The normalized spacial score (nSPS) is 7.00. The Labute approximate surface area is 179 Å². The molecule has 4 nitrogen and oxygen atoms in total. The summed E-state index contributed by atoms with van der Waals surface area (Å²) in [6, 6.07) is 8.09. The molecule has 0 unspecified atom stereocenters. The summed E-state index contributed by atoms with van der Waals surface area (Å²) in [4.78, 5) is 0. The van der Waals surface area contributed by atoms with Crippen LogP contribution in [-0.2, 0) is 13.1 Å². The monoisotopic (exact) mass is 466 g/mol. The zero-order chi connectivity index (χ0) is 12.0. The van der Waals surface area contributed by atoms with E-state index in [0.717, 1.165) is 11.1 Å². The fraction of sp³-hybridized carbons (Fsp3) is 0.200. The van der Waals surface area contributed by atoms with E-state index in [-0.39, 0.29) is 74.4 Å². The molecule has 0 saturated carbocycles. The Bertz CT molecular complexity index is 357. The summed E-state index contributed by atoms with van der Waals surface area (Å²) < 4.78 is 0. The van der Waals surface area contributed by atoms with Gasteiger partial charge in [0.1, 0.15) is 13.1 Å². The maximum Gasteiger partial charge on any atom is 0.299 e. The van der Waals surface area contributed by atoms with Crippen molar-refractivity contribution >= 4 is 35.6 Å². The van der Waals surface area contributed by atoms with Crippen molar-refractivity contribution in [2.24, 2.45) is 0 Å². The third-order valence-electron chi connectivity index (χ3n) is 1.97. The van der Waals surface area contributed by atoms with E-state index in [1.54, 1.807) is 0 Å². The zero-order valence-electron chi connectivity index (χ0n) is 11.0. The predicted molar refractivity (Wildman–Crippen MR) is 72.0 cm³/mol. The van der Waals surface area contributed by atoms with Crippen LogP contribution in [0.5, 0.6) is 0 Å². The molecule has 0 atom stereocenters. The highest BCUT2D eigenvalue weighted by Crippen LogP contribution is 2.04. The van der Waals surface area contributed by atoms with Gasteiger partial charge in [-0.2, -0.15) is 0 Å². The maximum absolute atomic E-state index is 5.39. The lowest BCUT2D eigenvalue weighted by atomic mass is 10.1. The van der Waals surface area contributed by atoms with Crippen molar-refractivity contribution in [1.29, 1.82) is 0 Å². The molecule has 0 fully saturated rings. The summed E-state index contributed by atoms with van der Waals surface area (Å²) in [7, 11) is 0. The highest BCUT2D eigenvalue weighted by molar-refractivity contribution is 7.96. The van der Waals surface area contributed by atoms with Gasteiger partial charge >= 0.3 is 0 Å². The molecule has 1 aromatic rings. The molecule has 0 saturated heterocycles. The van der Waals surface area contributed by atoms with Gasteiger partial charge in [-0.1, -0.05) is 49.5 Å². The largest absolute Gasteiger partial charge is 1.00 e. The molecule has 0 amide bonds. The Morgan fingerprint density at radius 1 is 0.682 bits per heavy atom. The van der Waals surface area contributed by atoms with Crippen molar-refractivity contribution in [3.8, 4) is 0 Å². The lowest BCUT2D eigenvalue weighted by molar-refractivity contribution is -0.113. The summed E-state index contributed by atoms with van der Waals surface area (Å²) in [5, 5.41) is 17.5. The summed E-state index contributed by atoms with van der Waals surface area (Å²) >= 11 is 7.91. The second-order valence-corrected chi connectivity index (χ2v) is 4.26. The van der Waals surface area contributed by atoms with Gasteiger partial charge in [0.25, 0.3) is 10.3 Å². The van der Waals surface area contributed by atoms with E-state index >= 15 is 0 Å². The highest BCUT2D eigenvalue weighted by Gasteiger charge is 2.01. The minimum atomic E-state index is 0. The highest BCUT2D eigenvalue weighted by atomic mass is 35.5. The Kier molecular flexibility index (Phi) is 37.6. The summed E-state index contributed by atoms with van der Waals surface area (Å²) in [6.07, 6.45) is 0. The summed E-state index contributed by atoms with van der Waals surface area (Å²) in [5.74, 6) is 0. The van der Waals surface area contributed by atoms with Gasteiger partial charge in [0.2, 0.25) is 0 Å². The van der Waals surface area contributed by atoms with Crippen LogP contribution < -0.4 is 95.9 Å². The number of hydrogen-bond acceptors (Lipinski definition) is 0. The van der Waals surface area contributed by atoms with Gasteiger partial charge in [-0.05, 0) is 11.1 Å². The first-order chi connectivity index (χ1) is 7.58. The first-order valence-electron chi connectivity index (χ1n) is 4.76. The molecule has 1 aromatic carbocycles. The van der Waals surface area contributed by atoms with Gasteiger partial charge in [-0.25, -0.2) is 0 Å². The standard InChI is InChI=1S/C10H14N4S2.6ClH/c11-9(15)13-5-7-1-2-8(4-3-7)6-14-10(12)16;;;;;;/h1-4H,5-6H2,(H3,11,13,15)(H3,12,14,16);6*1H/p-4. The van der Waals surface area contributed by atoms with Crippen molar-refractivity contribution in [1.82, 2.24) is 10.6 Å². The van der Waals surface area contributed by atoms with Crippen LogP contribution >= 0.6 is 25.3 Å². The van der Waals surface area contributed by atoms with Gasteiger partial charge in [0, 0.05) is 0 Å². The lowest BCUT2D eigenvalue weighted by Crippen LogP contribution is -3.00. The Hall–Kier alpha value is 0.600. The number of rotatable bonds is 4. The molecule has 12 heteroatoms. The van der Waals surface area contributed by atoms with Crippen LogP contribution in [0.3, 0.4) is 0 Å². The smallest absolute Gasteiger partial charge is 0.299 e. The first-order valence-corrected chi connectivity index (χ1v) is 5.65. The molecule has 0 aromatic heterocycles. The minimum absolute atomic E-state index is 0. The molecule has 0 heterocycles. The fourth-order valence-electron chi connectivity index (χ4n) is 1.16. The fourth-order valence-corrected chi connectivity index (χ4v) is 1.32. The van der Waals surface area contributed by atoms with E-state index < -0.39 is 0 Å². The Morgan fingerprint density at radius 2 is 0.909 bits per heavy atom. The SMILES string of the molecule is [Cl-].[Cl-].[Cl-].[Cl-].[Cl-].[Cl-].[NH2+]=C(S)NCc1ccc(CNC(=[NH2+])S)cc1. The van der Waals surface area contributed by atoms with Crippen LogP contribution in [0.1, 0.15) is 11.1 Å². The van der Waals surface area contributed by atoms with E-state index in [1.165, 1.54) is 0 Å². The molecule has 0 radical (unpaired) electrons. The molecule has 0 bridgehead atoms. The third-order valence-corrected chi connectivity index (χ3v) is 2.29. The van der Waals surface area contributed by atoms with E-state index in [0.29, 0.717) is 23.4 Å². The van der Waals surface area contributed by atoms with Crippen LogP contribution in [0.2, 0.25) is 0 Å². The predicted octanol–water partition coefficient (Wildman–Crippen LogP) is -20.0. The van der Waals surface area contributed by atoms with Crippen LogP contribution in [0, 0.1) is 0 Å². The van der Waals surface area contributed by atoms with E-state index in [2.05, 4.69) is 35.9 Å². The van der Waals surface area contributed by atoms with Crippen molar-refractivity contribution in [3.05, 3.63) is 35.4 Å². The van der Waals surface area contributed by atoms with E-state index in [1.807, 2.05) is 24.3 Å². The average Bonchev–Trinajstić information content (AvgIpc) is 2.25. The number of nitrogens with one attached hydrogen (secondary N) is 2. The second-order valence-electron chi connectivity index (χ2n) is 3.29. The first kappa shape index (κ1) is 38.3. The second kappa shape index (κ2) is 21.6. The van der Waals surface area contributed by atoms with Gasteiger partial charge in [-0.15, -0.1) is 0 Å². The molecule has 22 heavy (non-hydrogen) atoms. The third kappa shape index (κ3) is 18.6. The molecule has 0 spiro atoms. The zero-order valence-corrected chi connectivity index (χ0v) is 17.4. The quantitative estimate of drug-likeness (QED) is 0.151. The molecule has 0 aliphatic heterocycles. The number of halogens is 6. The van der Waals surface area contributed by atoms with E-state index in [4.69, 9.17) is 10.8 Å². The van der Waals surface area contributed by atoms with Crippen molar-refractivity contribution < 1.29 is 85.3 Å². The number of nitrogens with two attached hydrogens (primary N) is 2. The molecule has 134 valence electrons. The number of amidine groups is 2. The molecule has 1 rings (SSSR count). The van der Waals surface area contributed by atoms with Crippen LogP contribution in [0.15, 0.2) is 24.3 Å². The summed E-state index contributed by atoms with van der Waals surface area (Å²) in [6.45, 7) is 1.34. The molecular weight excluding hydrogens is 453 g/mol. The average molecular weight is 469 g/mol. The number of benzene rings is 1. The van der Waals surface area contributed by atoms with Crippen LogP contribution in [0.4, 0.5) is 0 Å². The topological polar surface area (TPSA) is 75.2 Å². The minimum Gasteiger partial charge on any atom is -1.00 e. The van der Waals surface area contributed by atoms with Gasteiger partial charge in [0.05, 0.1) is 0 Å². The Morgan fingerprint density at radius 3 is 1.09 bits per heavy atom. The van der Waals surface area contributed by atoms with Crippen molar-refractivity contribution in [3.63, 3.8) is 0 Å². The van der Waals surface area contributed by atoms with Crippen LogP contribution in [0.25, 0.3) is 0 Å². The van der Waals surface area contributed by atoms with Crippen LogP contribution in [-0.4, -0.2) is 10.3 Å². The molecule has 6 N–H and O–H groups in total. The van der Waals surface area contributed by atoms with E-state index in [9.17, 15) is 0 Å². The van der Waals surface area contributed by atoms with Crippen molar-refractivity contribution in [2.75, 3.05) is 0 Å². The number of thiol groups is 2. The van der Waals surface area contributed by atoms with Gasteiger partial charge < -0.3 is 74.4 Å². The molecule has 0 aliphatic rings. The number of hydrogen-bond donors (Lipinski definition) is 6. The maximum atomic E-state index is 5.39.